The normalized spacial score (nSPS) is 10.1. The molecule has 0 amide bonds. The van der Waals surface area contributed by atoms with Crippen LogP contribution in [0.3, 0.4) is 0 Å². The molecule has 82 valence electrons. The third kappa shape index (κ3) is 1.82. The van der Waals surface area contributed by atoms with E-state index in [0.29, 0.717) is 17.0 Å². The molecule has 0 fully saturated rings. The molecular formula is C12H10FNO2. The maximum absolute atomic E-state index is 13.1. The first-order chi connectivity index (χ1) is 7.72. The Morgan fingerprint density at radius 2 is 2.12 bits per heavy atom. The molecule has 0 saturated carbocycles. The highest BCUT2D eigenvalue weighted by atomic mass is 19.1. The molecule has 1 aromatic heterocycles. The lowest BCUT2D eigenvalue weighted by Crippen LogP contribution is -1.91. The fourth-order valence-electron chi connectivity index (χ4n) is 1.47. The first kappa shape index (κ1) is 10.4. The second-order valence-corrected chi connectivity index (χ2v) is 3.22. The van der Waals surface area contributed by atoms with Crippen molar-refractivity contribution in [1.29, 1.82) is 0 Å². The summed E-state index contributed by atoms with van der Waals surface area (Å²) in [7, 11) is 1.48. The SMILES string of the molecule is COc1ccc(F)cc1-c1ncccc1O. The Hall–Kier alpha value is -2.10. The van der Waals surface area contributed by atoms with Crippen LogP contribution in [-0.2, 0) is 0 Å². The summed E-state index contributed by atoms with van der Waals surface area (Å²) in [6.45, 7) is 0. The molecule has 0 unspecified atom stereocenters. The van der Waals surface area contributed by atoms with E-state index in [9.17, 15) is 9.50 Å². The van der Waals surface area contributed by atoms with Crippen LogP contribution in [0, 0.1) is 5.82 Å². The monoisotopic (exact) mass is 219 g/mol. The van der Waals surface area contributed by atoms with Crippen LogP contribution in [0.15, 0.2) is 36.5 Å². The Morgan fingerprint density at radius 1 is 1.31 bits per heavy atom. The predicted octanol–water partition coefficient (Wildman–Crippen LogP) is 2.60. The lowest BCUT2D eigenvalue weighted by molar-refractivity contribution is 0.414. The van der Waals surface area contributed by atoms with Crippen molar-refractivity contribution in [2.24, 2.45) is 0 Å². The average Bonchev–Trinajstić information content (AvgIpc) is 2.29. The van der Waals surface area contributed by atoms with E-state index in [1.54, 1.807) is 6.07 Å². The van der Waals surface area contributed by atoms with Crippen molar-refractivity contribution >= 4 is 0 Å². The zero-order valence-corrected chi connectivity index (χ0v) is 8.64. The van der Waals surface area contributed by atoms with E-state index in [-0.39, 0.29) is 5.75 Å². The average molecular weight is 219 g/mol. The Bertz CT molecular complexity index is 514. The molecule has 4 heteroatoms. The molecule has 1 aromatic carbocycles. The molecular weight excluding hydrogens is 209 g/mol. The Morgan fingerprint density at radius 3 is 2.81 bits per heavy atom. The number of ether oxygens (including phenoxy) is 1. The number of rotatable bonds is 2. The fourth-order valence-corrected chi connectivity index (χ4v) is 1.47. The molecule has 0 radical (unpaired) electrons. The van der Waals surface area contributed by atoms with Crippen molar-refractivity contribution in [1.82, 2.24) is 4.98 Å². The molecule has 0 atom stereocenters. The summed E-state index contributed by atoms with van der Waals surface area (Å²) in [5, 5.41) is 9.63. The summed E-state index contributed by atoms with van der Waals surface area (Å²) in [4.78, 5) is 4.00. The molecule has 0 aliphatic carbocycles. The number of methoxy groups -OCH3 is 1. The molecule has 3 nitrogen and oxygen atoms in total. The number of hydrogen-bond acceptors (Lipinski definition) is 3. The lowest BCUT2D eigenvalue weighted by atomic mass is 10.1. The van der Waals surface area contributed by atoms with Crippen LogP contribution >= 0.6 is 0 Å². The van der Waals surface area contributed by atoms with Crippen LogP contribution in [-0.4, -0.2) is 17.2 Å². The molecule has 0 aliphatic rings. The third-order valence-corrected chi connectivity index (χ3v) is 2.20. The highest BCUT2D eigenvalue weighted by Crippen LogP contribution is 2.34. The van der Waals surface area contributed by atoms with E-state index in [1.165, 1.54) is 37.6 Å². The Kier molecular flexibility index (Phi) is 2.72. The van der Waals surface area contributed by atoms with Crippen molar-refractivity contribution in [3.63, 3.8) is 0 Å². The smallest absolute Gasteiger partial charge is 0.141 e. The van der Waals surface area contributed by atoms with Gasteiger partial charge in [0.15, 0.2) is 0 Å². The number of hydrogen-bond donors (Lipinski definition) is 1. The van der Waals surface area contributed by atoms with Gasteiger partial charge in [-0.3, -0.25) is 4.98 Å². The summed E-state index contributed by atoms with van der Waals surface area (Å²) in [6, 6.07) is 7.17. The number of aromatic hydroxyl groups is 1. The van der Waals surface area contributed by atoms with Crippen LogP contribution in [0.4, 0.5) is 4.39 Å². The van der Waals surface area contributed by atoms with E-state index < -0.39 is 5.82 Å². The number of aromatic nitrogens is 1. The highest BCUT2D eigenvalue weighted by Gasteiger charge is 2.11. The molecule has 0 aliphatic heterocycles. The summed E-state index contributed by atoms with van der Waals surface area (Å²) < 4.78 is 18.2. The van der Waals surface area contributed by atoms with Gasteiger partial charge in [-0.2, -0.15) is 0 Å². The first-order valence-electron chi connectivity index (χ1n) is 4.70. The van der Waals surface area contributed by atoms with Gasteiger partial charge >= 0.3 is 0 Å². The lowest BCUT2D eigenvalue weighted by Gasteiger charge is -2.08. The van der Waals surface area contributed by atoms with Crippen LogP contribution in [0.25, 0.3) is 11.3 Å². The van der Waals surface area contributed by atoms with Crippen LogP contribution in [0.2, 0.25) is 0 Å². The molecule has 2 aromatic rings. The first-order valence-corrected chi connectivity index (χ1v) is 4.70. The van der Waals surface area contributed by atoms with Crippen LogP contribution in [0.1, 0.15) is 0 Å². The van der Waals surface area contributed by atoms with E-state index in [0.717, 1.165) is 0 Å². The topological polar surface area (TPSA) is 42.4 Å². The third-order valence-electron chi connectivity index (χ3n) is 2.20. The van der Waals surface area contributed by atoms with Gasteiger partial charge in [-0.1, -0.05) is 0 Å². The van der Waals surface area contributed by atoms with Crippen LogP contribution in [0.5, 0.6) is 11.5 Å². The molecule has 0 spiro atoms. The Balaban J connectivity index is 2.63. The van der Waals surface area contributed by atoms with Gasteiger partial charge in [0.25, 0.3) is 0 Å². The zero-order valence-electron chi connectivity index (χ0n) is 8.64. The van der Waals surface area contributed by atoms with E-state index in [2.05, 4.69) is 4.98 Å². The van der Waals surface area contributed by atoms with E-state index >= 15 is 0 Å². The van der Waals surface area contributed by atoms with Crippen molar-refractivity contribution in [3.8, 4) is 22.8 Å². The van der Waals surface area contributed by atoms with Gasteiger partial charge in [0.2, 0.25) is 0 Å². The number of nitrogens with zero attached hydrogens (tertiary/aromatic N) is 1. The maximum Gasteiger partial charge on any atom is 0.141 e. The van der Waals surface area contributed by atoms with Crippen molar-refractivity contribution < 1.29 is 14.2 Å². The van der Waals surface area contributed by atoms with Crippen LogP contribution < -0.4 is 4.74 Å². The van der Waals surface area contributed by atoms with E-state index in [4.69, 9.17) is 4.74 Å². The Labute approximate surface area is 92.1 Å². The molecule has 1 N–H and O–H groups in total. The number of benzene rings is 1. The largest absolute Gasteiger partial charge is 0.506 e. The minimum atomic E-state index is -0.402. The summed E-state index contributed by atoms with van der Waals surface area (Å²) in [5.74, 6) is 0.0580. The minimum absolute atomic E-state index is 0.00796. The quantitative estimate of drug-likeness (QED) is 0.844. The van der Waals surface area contributed by atoms with Gasteiger partial charge in [-0.15, -0.1) is 0 Å². The summed E-state index contributed by atoms with van der Waals surface area (Å²) in [5.41, 5.74) is 0.736. The molecule has 0 bridgehead atoms. The summed E-state index contributed by atoms with van der Waals surface area (Å²) >= 11 is 0. The van der Waals surface area contributed by atoms with Crippen molar-refractivity contribution in [2.45, 2.75) is 0 Å². The van der Waals surface area contributed by atoms with Crippen molar-refractivity contribution in [2.75, 3.05) is 7.11 Å². The van der Waals surface area contributed by atoms with Gasteiger partial charge in [-0.25, -0.2) is 4.39 Å². The van der Waals surface area contributed by atoms with Gasteiger partial charge in [0, 0.05) is 11.8 Å². The van der Waals surface area contributed by atoms with E-state index in [1.807, 2.05) is 0 Å². The fraction of sp³-hybridized carbons (Fsp3) is 0.0833. The molecule has 1 heterocycles. The minimum Gasteiger partial charge on any atom is -0.506 e. The van der Waals surface area contributed by atoms with Gasteiger partial charge in [0.1, 0.15) is 23.0 Å². The van der Waals surface area contributed by atoms with Gasteiger partial charge in [-0.05, 0) is 30.3 Å². The van der Waals surface area contributed by atoms with Crippen molar-refractivity contribution in [3.05, 3.63) is 42.3 Å². The second kappa shape index (κ2) is 4.18. The highest BCUT2D eigenvalue weighted by molar-refractivity contribution is 5.71. The zero-order chi connectivity index (χ0) is 11.5. The molecule has 16 heavy (non-hydrogen) atoms. The maximum atomic E-state index is 13.1. The second-order valence-electron chi connectivity index (χ2n) is 3.22. The predicted molar refractivity (Wildman–Crippen MR) is 57.8 cm³/mol. The summed E-state index contributed by atoms with van der Waals surface area (Å²) in [6.07, 6.45) is 1.53. The molecule has 0 saturated heterocycles. The molecule has 2 rings (SSSR count). The van der Waals surface area contributed by atoms with Gasteiger partial charge in [0.05, 0.1) is 7.11 Å². The van der Waals surface area contributed by atoms with Gasteiger partial charge < -0.3 is 9.84 Å². The standard InChI is InChI=1S/C12H10FNO2/c1-16-11-5-4-8(13)7-9(11)12-10(15)3-2-6-14-12/h2-7,15H,1H3. The number of pyridine rings is 1. The number of halogens is 1.